The second kappa shape index (κ2) is 19.7. The highest BCUT2D eigenvalue weighted by Crippen LogP contribution is 2.24. The zero-order valence-corrected chi connectivity index (χ0v) is 24.2. The minimum absolute atomic E-state index is 0.0328. The van der Waals surface area contributed by atoms with Gasteiger partial charge in [-0.05, 0) is 55.0 Å². The molecule has 0 bridgehead atoms. The summed E-state index contributed by atoms with van der Waals surface area (Å²) in [5.41, 5.74) is 3.17. The number of alkyl halides is 2. The van der Waals surface area contributed by atoms with Crippen LogP contribution < -0.4 is 4.74 Å². The third kappa shape index (κ3) is 17.9. The molecule has 0 saturated heterocycles. The molecule has 7 heteroatoms. The van der Waals surface area contributed by atoms with E-state index in [2.05, 4.69) is 51.2 Å². The summed E-state index contributed by atoms with van der Waals surface area (Å²) in [7, 11) is 0. The molecular weight excluding hydrogens is 482 g/mol. The molecule has 1 aromatic carbocycles. The topological polar surface area (TPSA) is 55.2 Å². The zero-order valence-electron chi connectivity index (χ0n) is 23.5. The first-order valence-corrected chi connectivity index (χ1v) is 12.7. The van der Waals surface area contributed by atoms with E-state index < -0.39 is 5.92 Å². The molecule has 0 aliphatic carbocycles. The van der Waals surface area contributed by atoms with E-state index in [1.165, 1.54) is 38.5 Å². The summed E-state index contributed by atoms with van der Waals surface area (Å²) in [5, 5.41) is 9.54. The average molecular weight is 527 g/mol. The lowest BCUT2D eigenvalue weighted by atomic mass is 10.1. The van der Waals surface area contributed by atoms with Crippen LogP contribution in [0.1, 0.15) is 92.7 Å². The Bertz CT molecular complexity index is 891. The zero-order chi connectivity index (χ0) is 28.3. The number of ether oxygens (including phenoxy) is 1. The monoisotopic (exact) mass is 526 g/mol. The van der Waals surface area contributed by atoms with Crippen LogP contribution in [-0.2, 0) is 6.61 Å². The van der Waals surface area contributed by atoms with Gasteiger partial charge in [0, 0.05) is 6.92 Å². The van der Waals surface area contributed by atoms with E-state index in [0.29, 0.717) is 0 Å². The summed E-state index contributed by atoms with van der Waals surface area (Å²) in [6, 6.07) is 7.80. The van der Waals surface area contributed by atoms with E-state index in [4.69, 9.17) is 16.3 Å². The largest absolute Gasteiger partial charge is 0.502 e. The van der Waals surface area contributed by atoms with E-state index in [0.717, 1.165) is 29.5 Å². The maximum absolute atomic E-state index is 12.0. The molecule has 0 radical (unpaired) electrons. The van der Waals surface area contributed by atoms with Gasteiger partial charge in [-0.2, -0.15) is 4.98 Å². The lowest BCUT2D eigenvalue weighted by molar-refractivity contribution is 0.0633. The van der Waals surface area contributed by atoms with E-state index in [1.54, 1.807) is 6.92 Å². The second-order valence-corrected chi connectivity index (χ2v) is 9.10. The van der Waals surface area contributed by atoms with E-state index in [1.807, 2.05) is 31.2 Å². The SMILES string of the molecule is C/C=C(\C)C(C)(F)F.C=C(C)c1ccc(COc2nc(Cl)ncc2O)cc1.CCC(C)C.CCCC. The van der Waals surface area contributed by atoms with Crippen molar-refractivity contribution in [3.63, 3.8) is 0 Å². The number of rotatable bonds is 7. The van der Waals surface area contributed by atoms with Crippen molar-refractivity contribution < 1.29 is 18.6 Å². The second-order valence-electron chi connectivity index (χ2n) is 8.76. The molecule has 0 aliphatic heterocycles. The molecule has 0 saturated carbocycles. The van der Waals surface area contributed by atoms with Crippen molar-refractivity contribution in [2.24, 2.45) is 5.92 Å². The third-order valence-corrected chi connectivity index (χ3v) is 5.15. The number of hydrogen-bond acceptors (Lipinski definition) is 4. The molecule has 0 spiro atoms. The van der Waals surface area contributed by atoms with Crippen LogP contribution in [0.2, 0.25) is 5.28 Å². The summed E-state index contributed by atoms with van der Waals surface area (Å²) in [5.74, 6) is -1.81. The molecule has 0 unspecified atom stereocenters. The van der Waals surface area contributed by atoms with Crippen LogP contribution >= 0.6 is 11.6 Å². The van der Waals surface area contributed by atoms with Crippen molar-refractivity contribution in [1.82, 2.24) is 9.97 Å². The molecule has 204 valence electrons. The quantitative estimate of drug-likeness (QED) is 0.288. The van der Waals surface area contributed by atoms with Crippen LogP contribution in [0.4, 0.5) is 8.78 Å². The minimum atomic E-state index is -2.63. The smallest absolute Gasteiger partial charge is 0.266 e. The van der Waals surface area contributed by atoms with Crippen LogP contribution in [0.25, 0.3) is 5.57 Å². The molecule has 4 nitrogen and oxygen atoms in total. The van der Waals surface area contributed by atoms with Crippen LogP contribution in [0, 0.1) is 5.92 Å². The Labute approximate surface area is 222 Å². The first-order chi connectivity index (χ1) is 16.7. The number of benzene rings is 1. The molecule has 1 N–H and O–H groups in total. The highest BCUT2D eigenvalue weighted by Gasteiger charge is 2.22. The molecule has 0 aliphatic rings. The fourth-order valence-electron chi connectivity index (χ4n) is 1.74. The van der Waals surface area contributed by atoms with Crippen molar-refractivity contribution in [3.05, 3.63) is 65.1 Å². The number of hydrogen-bond donors (Lipinski definition) is 1. The van der Waals surface area contributed by atoms with E-state index in [-0.39, 0.29) is 29.1 Å². The highest BCUT2D eigenvalue weighted by molar-refractivity contribution is 6.28. The van der Waals surface area contributed by atoms with Gasteiger partial charge in [0.2, 0.25) is 5.28 Å². The number of allylic oxidation sites excluding steroid dienone is 3. The number of aromatic nitrogens is 2. The summed E-state index contributed by atoms with van der Waals surface area (Å²) >= 11 is 5.63. The van der Waals surface area contributed by atoms with Crippen LogP contribution in [0.5, 0.6) is 11.6 Å². The summed E-state index contributed by atoms with van der Waals surface area (Å²) in [4.78, 5) is 7.44. The highest BCUT2D eigenvalue weighted by atomic mass is 35.5. The van der Waals surface area contributed by atoms with Crippen molar-refractivity contribution in [1.29, 1.82) is 0 Å². The molecule has 0 fully saturated rings. The Balaban J connectivity index is 0. The summed E-state index contributed by atoms with van der Waals surface area (Å²) < 4.78 is 29.5. The van der Waals surface area contributed by atoms with Gasteiger partial charge in [0.25, 0.3) is 11.8 Å². The number of unbranched alkanes of at least 4 members (excludes halogenated alkanes) is 1. The van der Waals surface area contributed by atoms with Crippen molar-refractivity contribution in [2.45, 2.75) is 94.1 Å². The standard InChI is InChI=1S/C14H13ClN2O2.C6H10F2.C5H12.C4H10/c1-9(2)11-5-3-10(4-6-11)8-19-13-12(18)7-16-14(15)17-13;1-4-5(2)6(3,7)8;1-4-5(2)3;1-3-4-2/h3-7,18H,1,8H2,2H3;4H,1-3H3;5H,4H2,1-3H3;3-4H2,1-2H3/b;5-4+;;. The molecule has 1 heterocycles. The van der Waals surface area contributed by atoms with Gasteiger partial charge in [-0.25, -0.2) is 13.8 Å². The Morgan fingerprint density at radius 1 is 1.14 bits per heavy atom. The third-order valence-electron chi connectivity index (χ3n) is 4.97. The van der Waals surface area contributed by atoms with Gasteiger partial charge in [-0.1, -0.05) is 96.4 Å². The van der Waals surface area contributed by atoms with Gasteiger partial charge in [0.1, 0.15) is 6.61 Å². The van der Waals surface area contributed by atoms with E-state index in [9.17, 15) is 13.9 Å². The van der Waals surface area contributed by atoms with Crippen LogP contribution in [0.3, 0.4) is 0 Å². The number of aromatic hydroxyl groups is 1. The van der Waals surface area contributed by atoms with Gasteiger partial charge in [-0.3, -0.25) is 0 Å². The lowest BCUT2D eigenvalue weighted by Crippen LogP contribution is -2.10. The van der Waals surface area contributed by atoms with Crippen molar-refractivity contribution >= 4 is 17.2 Å². The van der Waals surface area contributed by atoms with Crippen molar-refractivity contribution in [3.8, 4) is 11.6 Å². The van der Waals surface area contributed by atoms with Crippen molar-refractivity contribution in [2.75, 3.05) is 0 Å². The Kier molecular flexibility index (Phi) is 19.5. The average Bonchev–Trinajstić information content (AvgIpc) is 2.84. The molecule has 2 aromatic rings. The first kappa shape index (κ1) is 35.7. The van der Waals surface area contributed by atoms with Crippen LogP contribution in [0.15, 0.2) is 48.7 Å². The molecule has 0 atom stereocenters. The van der Waals surface area contributed by atoms with Gasteiger partial charge in [0.15, 0.2) is 5.75 Å². The predicted octanol–water partition coefficient (Wildman–Crippen LogP) is 9.91. The maximum Gasteiger partial charge on any atom is 0.266 e. The minimum Gasteiger partial charge on any atom is -0.502 e. The molecular formula is C29H45ClF2N2O2. The Hall–Kier alpha value is -2.47. The van der Waals surface area contributed by atoms with Gasteiger partial charge in [0.05, 0.1) is 6.20 Å². The van der Waals surface area contributed by atoms with E-state index >= 15 is 0 Å². The van der Waals surface area contributed by atoms with Gasteiger partial charge in [-0.15, -0.1) is 0 Å². The maximum atomic E-state index is 12.0. The van der Waals surface area contributed by atoms with Gasteiger partial charge >= 0.3 is 0 Å². The lowest BCUT2D eigenvalue weighted by Gasteiger charge is -2.08. The first-order valence-electron chi connectivity index (χ1n) is 12.3. The molecule has 36 heavy (non-hydrogen) atoms. The number of nitrogens with zero attached hydrogens (tertiary/aromatic N) is 2. The molecule has 1 aromatic heterocycles. The Morgan fingerprint density at radius 2 is 1.64 bits per heavy atom. The number of halogens is 3. The predicted molar refractivity (Wildman–Crippen MR) is 150 cm³/mol. The van der Waals surface area contributed by atoms with Crippen LogP contribution in [-0.4, -0.2) is 21.0 Å². The Morgan fingerprint density at radius 3 is 1.97 bits per heavy atom. The molecule has 0 amide bonds. The normalized spacial score (nSPS) is 10.8. The fraction of sp³-hybridized carbons (Fsp3) is 0.517. The van der Waals surface area contributed by atoms with Gasteiger partial charge < -0.3 is 9.84 Å². The summed E-state index contributed by atoms with van der Waals surface area (Å²) in [6.45, 7) is 21.0. The molecule has 2 rings (SSSR count). The fourth-order valence-corrected chi connectivity index (χ4v) is 1.86. The summed E-state index contributed by atoms with van der Waals surface area (Å²) in [6.07, 6.45) is 6.56.